The van der Waals surface area contributed by atoms with E-state index in [2.05, 4.69) is 16.7 Å². The molecule has 0 atom stereocenters. The second-order valence-corrected chi connectivity index (χ2v) is 8.54. The zero-order valence-corrected chi connectivity index (χ0v) is 15.8. The first kappa shape index (κ1) is 17.9. The van der Waals surface area contributed by atoms with Crippen molar-refractivity contribution in [3.8, 4) is 11.8 Å². The van der Waals surface area contributed by atoms with Gasteiger partial charge in [0, 0.05) is 18.3 Å². The van der Waals surface area contributed by atoms with E-state index >= 15 is 0 Å². The standard InChI is InChI=1S/C22H27N3O2/c1-27-20-4-2-15(3-5-20)13-24-21(26)19(12-23)14-25-22-9-16-6-17(10-22)8-18(7-16)11-22/h2-5,14,16-18,25H,6-11,13H2,1H3,(H,24,26)/b19-14-. The average molecular weight is 365 g/mol. The van der Waals surface area contributed by atoms with Crippen LogP contribution < -0.4 is 15.4 Å². The number of benzene rings is 1. The molecule has 1 aromatic carbocycles. The van der Waals surface area contributed by atoms with Gasteiger partial charge >= 0.3 is 0 Å². The number of carbonyl (C=O) groups is 1. The highest BCUT2D eigenvalue weighted by Gasteiger charge is 2.50. The molecule has 0 aliphatic heterocycles. The number of hydrogen-bond acceptors (Lipinski definition) is 4. The molecule has 27 heavy (non-hydrogen) atoms. The number of ether oxygens (including phenoxy) is 1. The summed E-state index contributed by atoms with van der Waals surface area (Å²) >= 11 is 0. The molecule has 142 valence electrons. The van der Waals surface area contributed by atoms with E-state index in [-0.39, 0.29) is 17.0 Å². The summed E-state index contributed by atoms with van der Waals surface area (Å²) in [5.41, 5.74) is 1.22. The Labute approximate surface area is 160 Å². The Balaban J connectivity index is 1.36. The highest BCUT2D eigenvalue weighted by atomic mass is 16.5. The van der Waals surface area contributed by atoms with E-state index in [1.165, 1.54) is 38.5 Å². The Hall–Kier alpha value is -2.48. The van der Waals surface area contributed by atoms with Gasteiger partial charge in [0.15, 0.2) is 0 Å². The van der Waals surface area contributed by atoms with Crippen molar-refractivity contribution in [2.45, 2.75) is 50.6 Å². The number of nitriles is 1. The molecule has 2 N–H and O–H groups in total. The molecule has 5 rings (SSSR count). The highest BCUT2D eigenvalue weighted by molar-refractivity contribution is 5.97. The summed E-state index contributed by atoms with van der Waals surface area (Å²) < 4.78 is 5.14. The zero-order chi connectivity index (χ0) is 18.9. The minimum Gasteiger partial charge on any atom is -0.497 e. The van der Waals surface area contributed by atoms with Crippen LogP contribution >= 0.6 is 0 Å². The predicted molar refractivity (Wildman–Crippen MR) is 103 cm³/mol. The summed E-state index contributed by atoms with van der Waals surface area (Å²) in [7, 11) is 1.62. The van der Waals surface area contributed by atoms with Gasteiger partial charge in [0.25, 0.3) is 5.91 Å². The van der Waals surface area contributed by atoms with Crippen molar-refractivity contribution in [2.24, 2.45) is 17.8 Å². The van der Waals surface area contributed by atoms with E-state index in [1.54, 1.807) is 13.3 Å². The van der Waals surface area contributed by atoms with Crippen molar-refractivity contribution in [1.82, 2.24) is 10.6 Å². The van der Waals surface area contributed by atoms with Crippen LogP contribution in [0.15, 0.2) is 36.0 Å². The number of hydrogen-bond donors (Lipinski definition) is 2. The molecule has 0 radical (unpaired) electrons. The Bertz CT molecular complexity index is 740. The molecule has 0 saturated heterocycles. The van der Waals surface area contributed by atoms with E-state index in [1.807, 2.05) is 24.3 Å². The van der Waals surface area contributed by atoms with Gasteiger partial charge in [0.05, 0.1) is 7.11 Å². The van der Waals surface area contributed by atoms with Crippen LogP contribution in [0.2, 0.25) is 0 Å². The van der Waals surface area contributed by atoms with E-state index < -0.39 is 0 Å². The normalized spacial score (nSPS) is 31.3. The molecule has 5 heteroatoms. The lowest BCUT2D eigenvalue weighted by molar-refractivity contribution is -0.117. The molecular formula is C22H27N3O2. The molecule has 5 nitrogen and oxygen atoms in total. The number of rotatable bonds is 6. The van der Waals surface area contributed by atoms with Gasteiger partial charge in [-0.3, -0.25) is 4.79 Å². The quantitative estimate of drug-likeness (QED) is 0.599. The van der Waals surface area contributed by atoms with Crippen LogP contribution in [-0.4, -0.2) is 18.6 Å². The largest absolute Gasteiger partial charge is 0.497 e. The van der Waals surface area contributed by atoms with Crippen LogP contribution in [0.3, 0.4) is 0 Å². The lowest BCUT2D eigenvalue weighted by Crippen LogP contribution is -2.57. The highest BCUT2D eigenvalue weighted by Crippen LogP contribution is 2.55. The first-order valence-electron chi connectivity index (χ1n) is 9.88. The third-order valence-corrected chi connectivity index (χ3v) is 6.54. The summed E-state index contributed by atoms with van der Waals surface area (Å²) in [6, 6.07) is 9.58. The van der Waals surface area contributed by atoms with Crippen LogP contribution in [0.25, 0.3) is 0 Å². The van der Waals surface area contributed by atoms with Crippen molar-refractivity contribution >= 4 is 5.91 Å². The summed E-state index contributed by atoms with van der Waals surface area (Å²) in [6.07, 6.45) is 9.33. The van der Waals surface area contributed by atoms with Crippen LogP contribution in [0.4, 0.5) is 0 Å². The Morgan fingerprint density at radius 2 is 1.78 bits per heavy atom. The Morgan fingerprint density at radius 3 is 2.30 bits per heavy atom. The smallest absolute Gasteiger partial charge is 0.263 e. The minimum absolute atomic E-state index is 0.104. The molecule has 0 heterocycles. The molecule has 4 saturated carbocycles. The molecule has 4 aliphatic rings. The first-order valence-corrected chi connectivity index (χ1v) is 9.88. The van der Waals surface area contributed by atoms with Crippen molar-refractivity contribution in [1.29, 1.82) is 5.26 Å². The van der Waals surface area contributed by atoms with Gasteiger partial charge in [-0.15, -0.1) is 0 Å². The minimum atomic E-state index is -0.328. The second kappa shape index (κ2) is 7.26. The third-order valence-electron chi connectivity index (χ3n) is 6.54. The lowest BCUT2D eigenvalue weighted by atomic mass is 9.53. The van der Waals surface area contributed by atoms with E-state index in [0.717, 1.165) is 29.1 Å². The predicted octanol–water partition coefficient (Wildman–Crippen LogP) is 3.28. The monoisotopic (exact) mass is 365 g/mol. The topological polar surface area (TPSA) is 74.1 Å². The number of methoxy groups -OCH3 is 1. The summed E-state index contributed by atoms with van der Waals surface area (Å²) in [5.74, 6) is 2.93. The molecule has 1 amide bonds. The molecule has 0 aromatic heterocycles. The lowest BCUT2D eigenvalue weighted by Gasteiger charge is -2.56. The van der Waals surface area contributed by atoms with E-state index in [9.17, 15) is 10.1 Å². The van der Waals surface area contributed by atoms with Crippen molar-refractivity contribution in [3.05, 3.63) is 41.6 Å². The van der Waals surface area contributed by atoms with Crippen molar-refractivity contribution in [2.75, 3.05) is 7.11 Å². The number of amides is 1. The third kappa shape index (κ3) is 3.80. The summed E-state index contributed by atoms with van der Waals surface area (Å²) in [4.78, 5) is 12.4. The molecule has 4 fully saturated rings. The van der Waals surface area contributed by atoms with Crippen LogP contribution in [-0.2, 0) is 11.3 Å². The fourth-order valence-corrected chi connectivity index (χ4v) is 5.68. The zero-order valence-electron chi connectivity index (χ0n) is 15.8. The Morgan fingerprint density at radius 1 is 1.19 bits per heavy atom. The molecular weight excluding hydrogens is 338 g/mol. The fraction of sp³-hybridized carbons (Fsp3) is 0.545. The number of carbonyl (C=O) groups excluding carboxylic acids is 1. The molecule has 1 aromatic rings. The van der Waals surface area contributed by atoms with Gasteiger partial charge in [-0.2, -0.15) is 5.26 Å². The van der Waals surface area contributed by atoms with Crippen molar-refractivity contribution in [3.63, 3.8) is 0 Å². The maximum Gasteiger partial charge on any atom is 0.263 e. The second-order valence-electron chi connectivity index (χ2n) is 8.54. The molecule has 4 aliphatic carbocycles. The van der Waals surface area contributed by atoms with Crippen LogP contribution in [0.1, 0.15) is 44.1 Å². The van der Waals surface area contributed by atoms with E-state index in [0.29, 0.717) is 6.54 Å². The van der Waals surface area contributed by atoms with Gasteiger partial charge in [0.2, 0.25) is 0 Å². The van der Waals surface area contributed by atoms with Gasteiger partial charge in [0.1, 0.15) is 17.4 Å². The van der Waals surface area contributed by atoms with E-state index in [4.69, 9.17) is 4.74 Å². The number of nitrogens with one attached hydrogen (secondary N) is 2. The average Bonchev–Trinajstić information content (AvgIpc) is 2.66. The summed E-state index contributed by atoms with van der Waals surface area (Å²) in [6.45, 7) is 0.388. The Kier molecular flexibility index (Phi) is 4.82. The van der Waals surface area contributed by atoms with Crippen LogP contribution in [0.5, 0.6) is 5.75 Å². The SMILES string of the molecule is COc1ccc(CNC(=O)/C(C#N)=C\NC23CC4CC(CC(C4)C2)C3)cc1. The molecule has 4 bridgehead atoms. The first-order chi connectivity index (χ1) is 13.1. The fourth-order valence-electron chi connectivity index (χ4n) is 5.68. The van der Waals surface area contributed by atoms with Gasteiger partial charge in [-0.05, 0) is 74.0 Å². The number of nitrogens with zero attached hydrogens (tertiary/aromatic N) is 1. The molecule has 0 unspecified atom stereocenters. The van der Waals surface area contributed by atoms with Gasteiger partial charge in [-0.25, -0.2) is 0 Å². The summed E-state index contributed by atoms with van der Waals surface area (Å²) in [5, 5.41) is 15.8. The van der Waals surface area contributed by atoms with Gasteiger partial charge < -0.3 is 15.4 Å². The van der Waals surface area contributed by atoms with Gasteiger partial charge in [-0.1, -0.05) is 12.1 Å². The molecule has 0 spiro atoms. The maximum atomic E-state index is 12.4. The van der Waals surface area contributed by atoms with Crippen LogP contribution in [0, 0.1) is 29.1 Å². The maximum absolute atomic E-state index is 12.4. The van der Waals surface area contributed by atoms with Crippen molar-refractivity contribution < 1.29 is 9.53 Å².